The average molecular weight is 344 g/mol. The maximum atomic E-state index is 11.9. The van der Waals surface area contributed by atoms with Crippen LogP contribution >= 0.6 is 11.6 Å². The van der Waals surface area contributed by atoms with E-state index in [1.807, 2.05) is 18.2 Å². The molecule has 4 nitrogen and oxygen atoms in total. The molecule has 1 atom stereocenters. The van der Waals surface area contributed by atoms with Gasteiger partial charge in [-0.25, -0.2) is 0 Å². The van der Waals surface area contributed by atoms with Gasteiger partial charge in [0.25, 0.3) is 0 Å². The Balaban J connectivity index is 1.74. The molecule has 1 saturated carbocycles. The summed E-state index contributed by atoms with van der Waals surface area (Å²) in [6.45, 7) is 0.965. The number of carbonyl (C=O) groups excluding carboxylic acids is 1. The summed E-state index contributed by atoms with van der Waals surface area (Å²) >= 11 is 6.13. The number of nitrogens with zero attached hydrogens (tertiary/aromatic N) is 3. The number of aromatic nitrogens is 3. The zero-order valence-corrected chi connectivity index (χ0v) is 14.5. The Hall–Kier alpha value is -1.68. The molecule has 0 aromatic carbocycles. The van der Waals surface area contributed by atoms with Gasteiger partial charge in [0.2, 0.25) is 0 Å². The van der Waals surface area contributed by atoms with Crippen molar-refractivity contribution >= 4 is 17.4 Å². The van der Waals surface area contributed by atoms with Crippen molar-refractivity contribution in [2.45, 2.75) is 56.9 Å². The topological polar surface area (TPSA) is 47.8 Å². The van der Waals surface area contributed by atoms with Crippen LogP contribution in [0.25, 0.3) is 0 Å². The van der Waals surface area contributed by atoms with Crippen LogP contribution in [-0.2, 0) is 23.2 Å². The first kappa shape index (κ1) is 15.8. The van der Waals surface area contributed by atoms with Crippen LogP contribution in [0.4, 0.5) is 0 Å². The van der Waals surface area contributed by atoms with Gasteiger partial charge in [0.05, 0.1) is 5.41 Å². The largest absolute Gasteiger partial charge is 0.314 e. The second kappa shape index (κ2) is 6.32. The molecule has 1 fully saturated rings. The Kier molecular flexibility index (Phi) is 4.17. The maximum absolute atomic E-state index is 11.9. The molecule has 5 heteroatoms. The Morgan fingerprint density at radius 2 is 1.96 bits per heavy atom. The predicted octanol–water partition coefficient (Wildman–Crippen LogP) is 3.86. The molecule has 4 rings (SSSR count). The lowest BCUT2D eigenvalue weighted by molar-refractivity contribution is -0.129. The SMILES string of the molecule is O=C1CC(c2nnc3n2CCCCCC3)(C2C=CC=C(Cl)C=C2)C1. The van der Waals surface area contributed by atoms with Crippen molar-refractivity contribution in [1.82, 2.24) is 14.8 Å². The molecule has 0 saturated heterocycles. The molecular weight excluding hydrogens is 322 g/mol. The molecule has 0 radical (unpaired) electrons. The van der Waals surface area contributed by atoms with Crippen molar-refractivity contribution in [2.75, 3.05) is 0 Å². The number of allylic oxidation sites excluding steroid dienone is 6. The first-order chi connectivity index (χ1) is 11.7. The quantitative estimate of drug-likeness (QED) is 0.819. The summed E-state index contributed by atoms with van der Waals surface area (Å²) in [6.07, 6.45) is 17.0. The first-order valence-electron chi connectivity index (χ1n) is 8.85. The number of hydrogen-bond acceptors (Lipinski definition) is 3. The molecule has 126 valence electrons. The van der Waals surface area contributed by atoms with E-state index in [2.05, 4.69) is 26.9 Å². The molecule has 0 spiro atoms. The van der Waals surface area contributed by atoms with E-state index in [4.69, 9.17) is 11.6 Å². The molecule has 2 aliphatic carbocycles. The summed E-state index contributed by atoms with van der Waals surface area (Å²) < 4.78 is 2.30. The van der Waals surface area contributed by atoms with Gasteiger partial charge < -0.3 is 4.57 Å². The van der Waals surface area contributed by atoms with E-state index in [1.165, 1.54) is 19.3 Å². The highest BCUT2D eigenvalue weighted by Crippen LogP contribution is 2.48. The van der Waals surface area contributed by atoms with E-state index in [-0.39, 0.29) is 11.3 Å². The third-order valence-electron chi connectivity index (χ3n) is 5.50. The van der Waals surface area contributed by atoms with Crippen LogP contribution < -0.4 is 0 Å². The number of halogens is 1. The van der Waals surface area contributed by atoms with Gasteiger partial charge in [-0.1, -0.05) is 42.7 Å². The summed E-state index contributed by atoms with van der Waals surface area (Å²) in [6, 6.07) is 0. The third kappa shape index (κ3) is 2.67. The van der Waals surface area contributed by atoms with Crippen molar-refractivity contribution in [3.8, 4) is 0 Å². The highest BCUT2D eigenvalue weighted by molar-refractivity contribution is 6.31. The number of ketones is 1. The van der Waals surface area contributed by atoms with E-state index in [0.717, 1.165) is 31.0 Å². The fourth-order valence-corrected chi connectivity index (χ4v) is 4.32. The standard InChI is InChI=1S/C19H22ClN3O/c20-15-7-5-6-14(9-10-15)19(12-16(24)13-19)18-22-21-17-8-3-1-2-4-11-23(17)18/h5-7,9-10,14H,1-4,8,11-13H2. The van der Waals surface area contributed by atoms with E-state index in [9.17, 15) is 4.79 Å². The van der Waals surface area contributed by atoms with Crippen molar-refractivity contribution in [3.05, 3.63) is 47.1 Å². The summed E-state index contributed by atoms with van der Waals surface area (Å²) in [5.41, 5.74) is -0.260. The first-order valence-corrected chi connectivity index (χ1v) is 9.23. The minimum atomic E-state index is -0.260. The molecule has 1 unspecified atom stereocenters. The summed E-state index contributed by atoms with van der Waals surface area (Å²) in [5.74, 6) is 2.52. The maximum Gasteiger partial charge on any atom is 0.141 e. The lowest BCUT2D eigenvalue weighted by Gasteiger charge is -2.43. The van der Waals surface area contributed by atoms with Crippen LogP contribution in [-0.4, -0.2) is 20.5 Å². The van der Waals surface area contributed by atoms with Crippen molar-refractivity contribution < 1.29 is 4.79 Å². The Labute approximate surface area is 147 Å². The van der Waals surface area contributed by atoms with Gasteiger partial charge in [0, 0.05) is 36.8 Å². The second-order valence-electron chi connectivity index (χ2n) is 7.13. The van der Waals surface area contributed by atoms with Crippen LogP contribution in [0, 0.1) is 5.92 Å². The fourth-order valence-electron chi connectivity index (χ4n) is 4.18. The number of aryl methyl sites for hydroxylation is 1. The van der Waals surface area contributed by atoms with Crippen molar-refractivity contribution in [2.24, 2.45) is 5.92 Å². The second-order valence-corrected chi connectivity index (χ2v) is 7.56. The number of Topliss-reactive ketones (excluding diaryl/α,β-unsaturated/α-hetero) is 1. The molecule has 1 aromatic heterocycles. The van der Waals surface area contributed by atoms with Gasteiger partial charge >= 0.3 is 0 Å². The van der Waals surface area contributed by atoms with E-state index in [0.29, 0.717) is 23.7 Å². The molecule has 3 aliphatic rings. The molecule has 1 aliphatic heterocycles. The summed E-state index contributed by atoms with van der Waals surface area (Å²) in [7, 11) is 0. The Bertz CT molecular complexity index is 736. The highest BCUT2D eigenvalue weighted by Gasteiger charge is 2.52. The minimum Gasteiger partial charge on any atom is -0.314 e. The van der Waals surface area contributed by atoms with Crippen LogP contribution in [0.1, 0.15) is 50.2 Å². The van der Waals surface area contributed by atoms with Gasteiger partial charge in [-0.15, -0.1) is 10.2 Å². The molecular formula is C19H22ClN3O. The summed E-state index contributed by atoms with van der Waals surface area (Å²) in [5, 5.41) is 9.77. The molecule has 2 heterocycles. The molecule has 0 bridgehead atoms. The van der Waals surface area contributed by atoms with E-state index < -0.39 is 0 Å². The van der Waals surface area contributed by atoms with Crippen molar-refractivity contribution in [1.29, 1.82) is 0 Å². The van der Waals surface area contributed by atoms with Gasteiger partial charge in [0.1, 0.15) is 17.4 Å². The van der Waals surface area contributed by atoms with Crippen LogP contribution in [0.15, 0.2) is 35.4 Å². The lowest BCUT2D eigenvalue weighted by atomic mass is 9.59. The van der Waals surface area contributed by atoms with Crippen LogP contribution in [0.5, 0.6) is 0 Å². The van der Waals surface area contributed by atoms with E-state index >= 15 is 0 Å². The zero-order valence-electron chi connectivity index (χ0n) is 13.7. The molecule has 24 heavy (non-hydrogen) atoms. The third-order valence-corrected chi connectivity index (χ3v) is 5.76. The number of carbonyl (C=O) groups is 1. The smallest absolute Gasteiger partial charge is 0.141 e. The van der Waals surface area contributed by atoms with Crippen LogP contribution in [0.2, 0.25) is 0 Å². The number of hydrogen-bond donors (Lipinski definition) is 0. The molecule has 0 N–H and O–H groups in total. The van der Waals surface area contributed by atoms with Crippen molar-refractivity contribution in [3.63, 3.8) is 0 Å². The molecule has 0 amide bonds. The normalized spacial score (nSPS) is 26.0. The monoisotopic (exact) mass is 343 g/mol. The number of rotatable bonds is 2. The number of fused-ring (bicyclic) bond motifs is 1. The van der Waals surface area contributed by atoms with Gasteiger partial charge in [0.15, 0.2) is 0 Å². The van der Waals surface area contributed by atoms with Crippen LogP contribution in [0.3, 0.4) is 0 Å². The van der Waals surface area contributed by atoms with E-state index in [1.54, 1.807) is 0 Å². The van der Waals surface area contributed by atoms with Gasteiger partial charge in [-0.05, 0) is 25.0 Å². The highest BCUT2D eigenvalue weighted by atomic mass is 35.5. The zero-order chi connectivity index (χ0) is 16.6. The Morgan fingerprint density at radius 1 is 1.12 bits per heavy atom. The lowest BCUT2D eigenvalue weighted by Crippen LogP contribution is -2.48. The summed E-state index contributed by atoms with van der Waals surface area (Å²) in [4.78, 5) is 11.9. The van der Waals surface area contributed by atoms with Gasteiger partial charge in [-0.2, -0.15) is 0 Å². The van der Waals surface area contributed by atoms with Gasteiger partial charge in [-0.3, -0.25) is 4.79 Å². The average Bonchev–Trinajstić information content (AvgIpc) is 2.75. The molecule has 1 aromatic rings. The fraction of sp³-hybridized carbons (Fsp3) is 0.526. The Morgan fingerprint density at radius 3 is 2.79 bits per heavy atom. The predicted molar refractivity (Wildman–Crippen MR) is 93.8 cm³/mol. The minimum absolute atomic E-state index is 0.126.